The maximum Gasteiger partial charge on any atom is 0.229 e. The predicted molar refractivity (Wildman–Crippen MR) is 143 cm³/mol. The third kappa shape index (κ3) is 5.55. The molecule has 0 N–H and O–H groups in total. The molecule has 8 nitrogen and oxygen atoms in total. The van der Waals surface area contributed by atoms with Gasteiger partial charge in [0.25, 0.3) is 0 Å². The molecule has 0 unspecified atom stereocenters. The van der Waals surface area contributed by atoms with Crippen LogP contribution in [-0.2, 0) is 21.2 Å². The van der Waals surface area contributed by atoms with E-state index in [2.05, 4.69) is 5.10 Å². The van der Waals surface area contributed by atoms with E-state index >= 15 is 0 Å². The number of halogens is 1. The number of carbonyl (C=O) groups excluding carboxylic acids is 1. The number of fused-ring (bicyclic) bond motifs is 1. The van der Waals surface area contributed by atoms with Gasteiger partial charge in [0.15, 0.2) is 15.0 Å². The maximum atomic E-state index is 13.4. The van der Waals surface area contributed by atoms with Crippen LogP contribution in [0.5, 0.6) is 5.75 Å². The Hall–Kier alpha value is -2.95. The van der Waals surface area contributed by atoms with E-state index in [0.717, 1.165) is 27.2 Å². The summed E-state index contributed by atoms with van der Waals surface area (Å²) in [6.45, 7) is 6.51. The van der Waals surface area contributed by atoms with Crippen molar-refractivity contribution in [2.75, 3.05) is 24.3 Å². The number of sulfone groups is 1. The van der Waals surface area contributed by atoms with Gasteiger partial charge in [-0.3, -0.25) is 14.4 Å². The molecule has 190 valence electrons. The summed E-state index contributed by atoms with van der Waals surface area (Å²) in [7, 11) is -2.14. The standard InChI is InChI=1S/C25H27ClN4O4S2/c1-16-15-17(2)30(28-16)13-12-29(25-27-24-18(3)21(26)9-10-22(24)35-25)23(31)11-14-36(32,33)20-7-5-19(34-4)6-8-20/h5-10,15H,11-14H2,1-4H3. The minimum Gasteiger partial charge on any atom is -0.497 e. The summed E-state index contributed by atoms with van der Waals surface area (Å²) < 4.78 is 33.6. The minimum absolute atomic E-state index is 0.149. The number of benzene rings is 2. The van der Waals surface area contributed by atoms with E-state index in [4.69, 9.17) is 21.3 Å². The normalized spacial score (nSPS) is 11.7. The topological polar surface area (TPSA) is 94.4 Å². The number of hydrogen-bond donors (Lipinski definition) is 0. The molecule has 0 bridgehead atoms. The fraction of sp³-hybridized carbons (Fsp3) is 0.320. The number of aromatic nitrogens is 3. The molecule has 0 aliphatic rings. The number of amides is 1. The predicted octanol–water partition coefficient (Wildman–Crippen LogP) is 4.98. The summed E-state index contributed by atoms with van der Waals surface area (Å²) in [6.07, 6.45) is -0.179. The molecule has 0 spiro atoms. The Bertz CT molecular complexity index is 1510. The molecule has 0 saturated carbocycles. The van der Waals surface area contributed by atoms with Crippen molar-refractivity contribution < 1.29 is 17.9 Å². The maximum absolute atomic E-state index is 13.4. The van der Waals surface area contributed by atoms with E-state index in [9.17, 15) is 13.2 Å². The van der Waals surface area contributed by atoms with E-state index in [-0.39, 0.29) is 23.0 Å². The third-order valence-corrected chi connectivity index (χ3v) is 9.10. The molecule has 2 aromatic heterocycles. The van der Waals surface area contributed by atoms with Crippen LogP contribution in [0, 0.1) is 20.8 Å². The van der Waals surface area contributed by atoms with Crippen LogP contribution in [0.25, 0.3) is 10.2 Å². The van der Waals surface area contributed by atoms with Crippen molar-refractivity contribution >= 4 is 54.0 Å². The number of methoxy groups -OCH3 is 1. The summed E-state index contributed by atoms with van der Waals surface area (Å²) in [5.41, 5.74) is 3.44. The highest BCUT2D eigenvalue weighted by molar-refractivity contribution is 7.91. The van der Waals surface area contributed by atoms with Gasteiger partial charge >= 0.3 is 0 Å². The van der Waals surface area contributed by atoms with Gasteiger partial charge in [0.2, 0.25) is 5.91 Å². The lowest BCUT2D eigenvalue weighted by molar-refractivity contribution is -0.118. The molecule has 2 aromatic carbocycles. The van der Waals surface area contributed by atoms with Crippen LogP contribution in [-0.4, -0.2) is 48.5 Å². The number of aryl methyl sites for hydroxylation is 3. The zero-order valence-corrected chi connectivity index (χ0v) is 22.9. The third-order valence-electron chi connectivity index (χ3n) is 5.91. The molecule has 11 heteroatoms. The van der Waals surface area contributed by atoms with Gasteiger partial charge in [0, 0.05) is 23.7 Å². The first-order valence-corrected chi connectivity index (χ1v) is 14.2. The molecule has 0 radical (unpaired) electrons. The fourth-order valence-electron chi connectivity index (χ4n) is 3.88. The number of carbonyl (C=O) groups is 1. The Morgan fingerprint density at radius 2 is 1.86 bits per heavy atom. The zero-order chi connectivity index (χ0) is 26.0. The van der Waals surface area contributed by atoms with Crippen molar-refractivity contribution in [1.82, 2.24) is 14.8 Å². The van der Waals surface area contributed by atoms with Gasteiger partial charge in [-0.2, -0.15) is 5.10 Å². The van der Waals surface area contributed by atoms with Gasteiger partial charge in [-0.1, -0.05) is 22.9 Å². The largest absolute Gasteiger partial charge is 0.497 e. The second kappa shape index (κ2) is 10.6. The molecule has 4 aromatic rings. The number of hydrogen-bond acceptors (Lipinski definition) is 7. The second-order valence-corrected chi connectivity index (χ2v) is 12.0. The van der Waals surface area contributed by atoms with Crippen LogP contribution in [0.1, 0.15) is 23.4 Å². The van der Waals surface area contributed by atoms with Gasteiger partial charge in [0.05, 0.1) is 40.2 Å². The highest BCUT2D eigenvalue weighted by Crippen LogP contribution is 2.34. The molecule has 0 saturated heterocycles. The zero-order valence-electron chi connectivity index (χ0n) is 20.5. The van der Waals surface area contributed by atoms with Crippen LogP contribution in [0.4, 0.5) is 5.13 Å². The number of anilines is 1. The van der Waals surface area contributed by atoms with Crippen molar-refractivity contribution in [1.29, 1.82) is 0 Å². The van der Waals surface area contributed by atoms with Crippen molar-refractivity contribution in [3.05, 3.63) is 64.4 Å². The lowest BCUT2D eigenvalue weighted by atomic mass is 10.2. The van der Waals surface area contributed by atoms with E-state index in [0.29, 0.717) is 29.0 Å². The van der Waals surface area contributed by atoms with Crippen LogP contribution >= 0.6 is 22.9 Å². The minimum atomic E-state index is -3.66. The van der Waals surface area contributed by atoms with E-state index in [1.54, 1.807) is 17.0 Å². The van der Waals surface area contributed by atoms with Crippen molar-refractivity contribution in [2.24, 2.45) is 0 Å². The SMILES string of the molecule is COc1ccc(S(=O)(=O)CCC(=O)N(CCn2nc(C)cc2C)c2nc3c(C)c(Cl)ccc3s2)cc1. The van der Waals surface area contributed by atoms with E-state index < -0.39 is 9.84 Å². The van der Waals surface area contributed by atoms with Crippen LogP contribution < -0.4 is 9.64 Å². The van der Waals surface area contributed by atoms with E-state index in [1.165, 1.54) is 30.6 Å². The summed E-state index contributed by atoms with van der Waals surface area (Å²) in [5, 5.41) is 5.59. The van der Waals surface area contributed by atoms with Gasteiger partial charge in [0.1, 0.15) is 5.75 Å². The van der Waals surface area contributed by atoms with Crippen molar-refractivity contribution in [3.63, 3.8) is 0 Å². The molecule has 2 heterocycles. The number of thiazole rings is 1. The van der Waals surface area contributed by atoms with Gasteiger partial charge < -0.3 is 4.74 Å². The number of nitrogens with zero attached hydrogens (tertiary/aromatic N) is 4. The average molecular weight is 547 g/mol. The van der Waals surface area contributed by atoms with Gasteiger partial charge in [-0.25, -0.2) is 13.4 Å². The van der Waals surface area contributed by atoms with Gasteiger partial charge in [-0.15, -0.1) is 0 Å². The first-order valence-electron chi connectivity index (χ1n) is 11.3. The monoisotopic (exact) mass is 546 g/mol. The number of rotatable bonds is 9. The Morgan fingerprint density at radius 1 is 1.14 bits per heavy atom. The Morgan fingerprint density at radius 3 is 2.50 bits per heavy atom. The molecule has 1 amide bonds. The summed E-state index contributed by atoms with van der Waals surface area (Å²) in [6, 6.07) is 11.8. The second-order valence-electron chi connectivity index (χ2n) is 8.46. The van der Waals surface area contributed by atoms with Crippen molar-refractivity contribution in [2.45, 2.75) is 38.6 Å². The molecule has 36 heavy (non-hydrogen) atoms. The van der Waals surface area contributed by atoms with E-state index in [1.807, 2.05) is 43.7 Å². The Kier molecular flexibility index (Phi) is 7.67. The first kappa shape index (κ1) is 26.1. The van der Waals surface area contributed by atoms with Crippen LogP contribution in [0.2, 0.25) is 5.02 Å². The lowest BCUT2D eigenvalue weighted by Gasteiger charge is -2.20. The summed E-state index contributed by atoms with van der Waals surface area (Å²) in [5.74, 6) is -0.0763. The molecule has 0 aliphatic carbocycles. The number of ether oxygens (including phenoxy) is 1. The molecule has 0 fully saturated rings. The molecule has 4 rings (SSSR count). The fourth-order valence-corrected chi connectivity index (χ4v) is 6.34. The first-order chi connectivity index (χ1) is 17.1. The Labute approximate surface area is 219 Å². The average Bonchev–Trinajstić information content (AvgIpc) is 3.43. The highest BCUT2D eigenvalue weighted by Gasteiger charge is 2.24. The quantitative estimate of drug-likeness (QED) is 0.294. The van der Waals surface area contributed by atoms with Crippen molar-refractivity contribution in [3.8, 4) is 5.75 Å². The van der Waals surface area contributed by atoms with Crippen LogP contribution in [0.15, 0.2) is 47.4 Å². The molecular formula is C25H27ClN4O4S2. The highest BCUT2D eigenvalue weighted by atomic mass is 35.5. The molecule has 0 atom stereocenters. The van der Waals surface area contributed by atoms with Crippen LogP contribution in [0.3, 0.4) is 0 Å². The molecular weight excluding hydrogens is 520 g/mol. The molecule has 0 aliphatic heterocycles. The smallest absolute Gasteiger partial charge is 0.229 e. The van der Waals surface area contributed by atoms with Gasteiger partial charge in [-0.05, 0) is 68.8 Å². The summed E-state index contributed by atoms with van der Waals surface area (Å²) >= 11 is 7.65. The lowest BCUT2D eigenvalue weighted by Crippen LogP contribution is -2.35. The Balaban J connectivity index is 1.59. The summed E-state index contributed by atoms with van der Waals surface area (Å²) in [4.78, 5) is 19.8.